The summed E-state index contributed by atoms with van der Waals surface area (Å²) >= 11 is 2.19. The van der Waals surface area contributed by atoms with Crippen LogP contribution in [-0.2, 0) is 20.0 Å². The molecule has 2 aromatic rings. The topological polar surface area (TPSA) is 43.0 Å². The Morgan fingerprint density at radius 2 is 2.44 bits per heavy atom. The number of nitrogens with one attached hydrogen (secondary N) is 1. The molecule has 0 spiro atoms. The Labute approximate surface area is 120 Å². The Morgan fingerprint density at radius 1 is 1.56 bits per heavy atom. The SMILES string of the molecule is Cn1ncc2c1CCCC2NCc1ccc(I)o1. The maximum Gasteiger partial charge on any atom is 0.164 e. The minimum absolute atomic E-state index is 0.408. The highest BCUT2D eigenvalue weighted by Crippen LogP contribution is 2.29. The fourth-order valence-corrected chi connectivity index (χ4v) is 3.05. The number of rotatable bonds is 3. The van der Waals surface area contributed by atoms with Crippen LogP contribution >= 0.6 is 22.6 Å². The van der Waals surface area contributed by atoms with E-state index in [4.69, 9.17) is 4.42 Å². The number of hydrogen-bond donors (Lipinski definition) is 1. The van der Waals surface area contributed by atoms with Crippen LogP contribution in [0.3, 0.4) is 0 Å². The van der Waals surface area contributed by atoms with Crippen molar-refractivity contribution in [3.05, 3.63) is 39.1 Å². The number of hydrogen-bond acceptors (Lipinski definition) is 3. The van der Waals surface area contributed by atoms with Gasteiger partial charge in [0.05, 0.1) is 12.7 Å². The molecule has 1 aliphatic rings. The molecule has 2 aromatic heterocycles. The van der Waals surface area contributed by atoms with Crippen molar-refractivity contribution in [3.8, 4) is 0 Å². The van der Waals surface area contributed by atoms with E-state index >= 15 is 0 Å². The van der Waals surface area contributed by atoms with Crippen LogP contribution in [0.4, 0.5) is 0 Å². The van der Waals surface area contributed by atoms with E-state index in [9.17, 15) is 0 Å². The molecule has 0 saturated heterocycles. The van der Waals surface area contributed by atoms with Crippen LogP contribution in [-0.4, -0.2) is 9.78 Å². The lowest BCUT2D eigenvalue weighted by Crippen LogP contribution is -2.24. The van der Waals surface area contributed by atoms with E-state index < -0.39 is 0 Å². The number of fused-ring (bicyclic) bond motifs is 1. The molecule has 2 heterocycles. The van der Waals surface area contributed by atoms with Crippen molar-refractivity contribution in [3.63, 3.8) is 0 Å². The summed E-state index contributed by atoms with van der Waals surface area (Å²) in [6.07, 6.45) is 5.54. The molecule has 0 radical (unpaired) electrons. The first kappa shape index (κ1) is 12.2. The number of furan rings is 1. The second-order valence-electron chi connectivity index (χ2n) is 4.70. The highest BCUT2D eigenvalue weighted by atomic mass is 127. The molecule has 0 bridgehead atoms. The summed E-state index contributed by atoms with van der Waals surface area (Å²) in [7, 11) is 2.02. The zero-order chi connectivity index (χ0) is 12.5. The minimum Gasteiger partial charge on any atom is -0.454 e. The van der Waals surface area contributed by atoms with Gasteiger partial charge in [-0.15, -0.1) is 0 Å². The van der Waals surface area contributed by atoms with Gasteiger partial charge in [0.2, 0.25) is 0 Å². The molecular formula is C13H16IN3O. The van der Waals surface area contributed by atoms with Crippen molar-refractivity contribution in [2.24, 2.45) is 7.05 Å². The van der Waals surface area contributed by atoms with Crippen LogP contribution in [0, 0.1) is 3.77 Å². The van der Waals surface area contributed by atoms with Gasteiger partial charge in [-0.05, 0) is 54.0 Å². The maximum absolute atomic E-state index is 5.57. The summed E-state index contributed by atoms with van der Waals surface area (Å²) < 4.78 is 8.51. The fourth-order valence-electron chi connectivity index (χ4n) is 2.59. The van der Waals surface area contributed by atoms with Crippen LogP contribution in [0.1, 0.15) is 35.9 Å². The van der Waals surface area contributed by atoms with Gasteiger partial charge < -0.3 is 9.73 Å². The highest BCUT2D eigenvalue weighted by Gasteiger charge is 2.23. The molecule has 1 atom stereocenters. The third kappa shape index (κ3) is 2.33. The first-order valence-electron chi connectivity index (χ1n) is 6.22. The third-order valence-corrected chi connectivity index (χ3v) is 4.11. The van der Waals surface area contributed by atoms with Crippen molar-refractivity contribution < 1.29 is 4.42 Å². The molecule has 0 saturated carbocycles. The molecule has 1 N–H and O–H groups in total. The van der Waals surface area contributed by atoms with E-state index in [-0.39, 0.29) is 0 Å². The number of halogens is 1. The van der Waals surface area contributed by atoms with Crippen molar-refractivity contribution in [1.82, 2.24) is 15.1 Å². The first-order chi connectivity index (χ1) is 8.74. The third-order valence-electron chi connectivity index (χ3n) is 3.53. The molecule has 5 heteroatoms. The second-order valence-corrected chi connectivity index (χ2v) is 5.76. The molecule has 1 unspecified atom stereocenters. The molecule has 0 amide bonds. The smallest absolute Gasteiger partial charge is 0.164 e. The van der Waals surface area contributed by atoms with Crippen LogP contribution in [0.2, 0.25) is 0 Å². The van der Waals surface area contributed by atoms with Crippen LogP contribution < -0.4 is 5.32 Å². The van der Waals surface area contributed by atoms with Gasteiger partial charge in [-0.25, -0.2) is 0 Å². The van der Waals surface area contributed by atoms with Gasteiger partial charge in [0.1, 0.15) is 5.76 Å². The molecule has 0 fully saturated rings. The quantitative estimate of drug-likeness (QED) is 0.860. The standard InChI is InChI=1S/C13H16IN3O/c1-17-12-4-2-3-11(10(12)8-16-17)15-7-9-5-6-13(14)18-9/h5-6,8,11,15H,2-4,7H2,1H3. The summed E-state index contributed by atoms with van der Waals surface area (Å²) in [5.74, 6) is 0.996. The van der Waals surface area contributed by atoms with Crippen molar-refractivity contribution >= 4 is 22.6 Å². The van der Waals surface area contributed by atoms with Crippen molar-refractivity contribution in [2.45, 2.75) is 31.8 Å². The monoisotopic (exact) mass is 357 g/mol. The Balaban J connectivity index is 1.71. The van der Waals surface area contributed by atoms with Crippen LogP contribution in [0.5, 0.6) is 0 Å². The molecule has 96 valence electrons. The van der Waals surface area contributed by atoms with E-state index in [1.807, 2.05) is 30.1 Å². The van der Waals surface area contributed by atoms with Gasteiger partial charge in [-0.2, -0.15) is 5.10 Å². The molecule has 0 aromatic carbocycles. The van der Waals surface area contributed by atoms with Crippen molar-refractivity contribution in [1.29, 1.82) is 0 Å². The van der Waals surface area contributed by atoms with E-state index in [0.29, 0.717) is 6.04 Å². The summed E-state index contributed by atoms with van der Waals surface area (Å²) in [5, 5.41) is 7.93. The molecule has 3 rings (SSSR count). The van der Waals surface area contributed by atoms with Crippen LogP contribution in [0.15, 0.2) is 22.7 Å². The fraction of sp³-hybridized carbons (Fsp3) is 0.462. The predicted molar refractivity (Wildman–Crippen MR) is 77.2 cm³/mol. The van der Waals surface area contributed by atoms with Gasteiger partial charge in [-0.3, -0.25) is 4.68 Å². The normalized spacial score (nSPS) is 18.9. The summed E-state index contributed by atoms with van der Waals surface area (Å²) in [6.45, 7) is 0.780. The van der Waals surface area contributed by atoms with E-state index in [0.717, 1.165) is 22.5 Å². The lowest BCUT2D eigenvalue weighted by Gasteiger charge is -2.23. The molecular weight excluding hydrogens is 341 g/mol. The highest BCUT2D eigenvalue weighted by molar-refractivity contribution is 14.1. The summed E-state index contributed by atoms with van der Waals surface area (Å²) in [6, 6.07) is 4.43. The largest absolute Gasteiger partial charge is 0.454 e. The zero-order valence-electron chi connectivity index (χ0n) is 10.3. The number of nitrogens with zero attached hydrogens (tertiary/aromatic N) is 2. The minimum atomic E-state index is 0.408. The summed E-state index contributed by atoms with van der Waals surface area (Å²) in [4.78, 5) is 0. The lowest BCUT2D eigenvalue weighted by atomic mass is 9.93. The van der Waals surface area contributed by atoms with E-state index in [1.165, 1.54) is 24.1 Å². The van der Waals surface area contributed by atoms with E-state index in [1.54, 1.807) is 0 Å². The predicted octanol–water partition coefficient (Wildman–Crippen LogP) is 2.78. The van der Waals surface area contributed by atoms with E-state index in [2.05, 4.69) is 33.0 Å². The Morgan fingerprint density at radius 3 is 3.22 bits per heavy atom. The molecule has 18 heavy (non-hydrogen) atoms. The molecule has 1 aliphatic carbocycles. The van der Waals surface area contributed by atoms with Crippen molar-refractivity contribution in [2.75, 3.05) is 0 Å². The molecule has 0 aliphatic heterocycles. The number of aryl methyl sites for hydroxylation is 1. The first-order valence-corrected chi connectivity index (χ1v) is 7.30. The molecule has 4 nitrogen and oxygen atoms in total. The van der Waals surface area contributed by atoms with Gasteiger partial charge in [0, 0.05) is 24.3 Å². The lowest BCUT2D eigenvalue weighted by molar-refractivity contribution is 0.407. The van der Waals surface area contributed by atoms with Gasteiger partial charge >= 0.3 is 0 Å². The van der Waals surface area contributed by atoms with Crippen LogP contribution in [0.25, 0.3) is 0 Å². The Hall–Kier alpha value is -0.820. The van der Waals surface area contributed by atoms with Gasteiger partial charge in [-0.1, -0.05) is 0 Å². The zero-order valence-corrected chi connectivity index (χ0v) is 12.5. The average molecular weight is 357 g/mol. The maximum atomic E-state index is 5.57. The van der Waals surface area contributed by atoms with Gasteiger partial charge in [0.25, 0.3) is 0 Å². The second kappa shape index (κ2) is 5.05. The average Bonchev–Trinajstić information content (AvgIpc) is 2.94. The number of aromatic nitrogens is 2. The van der Waals surface area contributed by atoms with Gasteiger partial charge in [0.15, 0.2) is 3.77 Å². The summed E-state index contributed by atoms with van der Waals surface area (Å²) in [5.41, 5.74) is 2.72. The Kier molecular flexibility index (Phi) is 3.43. The Bertz CT molecular complexity index is 546.